The zero-order valence-electron chi connectivity index (χ0n) is 15.8. The van der Waals surface area contributed by atoms with Gasteiger partial charge in [0.2, 0.25) is 6.29 Å². The first-order valence-electron chi connectivity index (χ1n) is 9.47. The van der Waals surface area contributed by atoms with Crippen molar-refractivity contribution in [2.75, 3.05) is 0 Å². The van der Waals surface area contributed by atoms with Gasteiger partial charge in [-0.3, -0.25) is 10.1 Å². The minimum atomic E-state index is -0.916. The van der Waals surface area contributed by atoms with Crippen molar-refractivity contribution in [2.24, 2.45) is 0 Å². The molecule has 0 saturated heterocycles. The first kappa shape index (κ1) is 18.5. The van der Waals surface area contributed by atoms with E-state index in [1.807, 2.05) is 84.9 Å². The monoisotopic (exact) mass is 415 g/mol. The lowest BCUT2D eigenvalue weighted by Gasteiger charge is -2.43. The number of para-hydroxylation sites is 1. The number of thiophene rings is 1. The maximum atomic E-state index is 11.2. The molecule has 1 atom stereocenters. The van der Waals surface area contributed by atoms with Crippen LogP contribution in [0.15, 0.2) is 97.1 Å². The molecule has 30 heavy (non-hydrogen) atoms. The molecule has 5 rings (SSSR count). The second-order valence-corrected chi connectivity index (χ2v) is 8.00. The fourth-order valence-electron chi connectivity index (χ4n) is 3.87. The van der Waals surface area contributed by atoms with E-state index in [2.05, 4.69) is 0 Å². The van der Waals surface area contributed by atoms with Gasteiger partial charge in [-0.25, -0.2) is 0 Å². The van der Waals surface area contributed by atoms with Gasteiger partial charge in [0.1, 0.15) is 5.75 Å². The lowest BCUT2D eigenvalue weighted by molar-refractivity contribution is -0.380. The number of nitrogens with zero attached hydrogens (tertiary/aromatic N) is 1. The molecule has 6 heteroatoms. The topological polar surface area (TPSA) is 61.6 Å². The van der Waals surface area contributed by atoms with Crippen molar-refractivity contribution >= 4 is 16.3 Å². The number of benzene rings is 3. The Bertz CT molecular complexity index is 1150. The summed E-state index contributed by atoms with van der Waals surface area (Å²) in [5, 5.41) is 11.3. The van der Waals surface area contributed by atoms with Gasteiger partial charge in [-0.1, -0.05) is 90.2 Å². The summed E-state index contributed by atoms with van der Waals surface area (Å²) in [5.41, 5.74) is 1.90. The predicted octanol–water partition coefficient (Wildman–Crippen LogP) is 6.06. The maximum absolute atomic E-state index is 11.2. The first-order valence-corrected chi connectivity index (χ1v) is 10.3. The van der Waals surface area contributed by atoms with Gasteiger partial charge in [-0.05, 0) is 23.3 Å². The highest BCUT2D eigenvalue weighted by molar-refractivity contribution is 7.15. The summed E-state index contributed by atoms with van der Waals surface area (Å²) >= 11 is 1.06. The lowest BCUT2D eigenvalue weighted by Crippen LogP contribution is -2.39. The van der Waals surface area contributed by atoms with Crippen LogP contribution in [0.5, 0.6) is 5.75 Å². The zero-order valence-corrected chi connectivity index (χ0v) is 16.6. The Balaban J connectivity index is 1.74. The fraction of sp³-hybridized carbons (Fsp3) is 0.0833. The zero-order chi connectivity index (χ0) is 20.6. The van der Waals surface area contributed by atoms with Crippen LogP contribution in [-0.2, 0) is 10.3 Å². The highest BCUT2D eigenvalue weighted by atomic mass is 32.1. The van der Waals surface area contributed by atoms with Crippen LogP contribution in [0.4, 0.5) is 5.00 Å². The van der Waals surface area contributed by atoms with Gasteiger partial charge < -0.3 is 9.47 Å². The average molecular weight is 415 g/mol. The summed E-state index contributed by atoms with van der Waals surface area (Å²) in [4.78, 5) is 11.4. The van der Waals surface area contributed by atoms with Gasteiger partial charge in [0, 0.05) is 11.6 Å². The largest absolute Gasteiger partial charge is 0.459 e. The predicted molar refractivity (Wildman–Crippen MR) is 115 cm³/mol. The molecule has 0 aliphatic carbocycles. The van der Waals surface area contributed by atoms with E-state index in [-0.39, 0.29) is 5.00 Å². The Kier molecular flexibility index (Phi) is 4.58. The summed E-state index contributed by atoms with van der Waals surface area (Å²) in [5.74, 6) is 0.692. The molecular formula is C24H17NO4S. The molecule has 0 bridgehead atoms. The van der Waals surface area contributed by atoms with Crippen molar-refractivity contribution in [3.8, 4) is 5.75 Å². The van der Waals surface area contributed by atoms with Gasteiger partial charge in [-0.2, -0.15) is 0 Å². The standard InChI is InChI=1S/C24H17NO4S/c26-25(27)22-16-15-21(30-22)23-28-20-14-8-7-13-19(20)24(29-23,17-9-3-1-4-10-17)18-11-5-2-6-12-18/h1-16,23H/t23-/m1/s1. The van der Waals surface area contributed by atoms with Crippen LogP contribution in [0.3, 0.4) is 0 Å². The minimum Gasteiger partial charge on any atom is -0.459 e. The number of rotatable bonds is 4. The third-order valence-corrected chi connectivity index (χ3v) is 6.23. The van der Waals surface area contributed by atoms with E-state index >= 15 is 0 Å². The van der Waals surface area contributed by atoms with Crippen molar-refractivity contribution in [3.63, 3.8) is 0 Å². The lowest BCUT2D eigenvalue weighted by atomic mass is 9.79. The second-order valence-electron chi connectivity index (χ2n) is 6.91. The molecule has 4 aromatic rings. The number of ether oxygens (including phenoxy) is 2. The van der Waals surface area contributed by atoms with Crippen molar-refractivity contribution in [1.82, 2.24) is 0 Å². The number of hydrogen-bond donors (Lipinski definition) is 0. The minimum absolute atomic E-state index is 0.0566. The van der Waals surface area contributed by atoms with Crippen molar-refractivity contribution in [3.05, 3.63) is 129 Å². The second kappa shape index (κ2) is 7.40. The summed E-state index contributed by atoms with van der Waals surface area (Å²) in [7, 11) is 0. The third-order valence-electron chi connectivity index (χ3n) is 5.17. The molecule has 0 saturated carbocycles. The molecule has 0 fully saturated rings. The van der Waals surface area contributed by atoms with Gasteiger partial charge in [0.25, 0.3) is 0 Å². The van der Waals surface area contributed by atoms with Gasteiger partial charge in [0.05, 0.1) is 9.80 Å². The normalized spacial score (nSPS) is 17.0. The van der Waals surface area contributed by atoms with Crippen molar-refractivity contribution in [1.29, 1.82) is 0 Å². The molecule has 1 aliphatic heterocycles. The van der Waals surface area contributed by atoms with E-state index in [1.165, 1.54) is 6.07 Å². The molecule has 1 aliphatic rings. The van der Waals surface area contributed by atoms with E-state index < -0.39 is 16.8 Å². The Morgan fingerprint density at radius 1 is 0.800 bits per heavy atom. The van der Waals surface area contributed by atoms with Crippen molar-refractivity contribution in [2.45, 2.75) is 11.9 Å². The van der Waals surface area contributed by atoms with Gasteiger partial charge >= 0.3 is 5.00 Å². The molecule has 0 spiro atoms. The number of hydrogen-bond acceptors (Lipinski definition) is 5. The maximum Gasteiger partial charge on any atom is 0.324 e. The Labute approximate surface area is 177 Å². The highest BCUT2D eigenvalue weighted by Gasteiger charge is 2.46. The van der Waals surface area contributed by atoms with Crippen LogP contribution >= 0.6 is 11.3 Å². The van der Waals surface area contributed by atoms with E-state index in [1.54, 1.807) is 6.07 Å². The summed E-state index contributed by atoms with van der Waals surface area (Å²) in [6.45, 7) is 0. The van der Waals surface area contributed by atoms with Crippen LogP contribution in [-0.4, -0.2) is 4.92 Å². The first-order chi connectivity index (χ1) is 14.7. The molecule has 2 heterocycles. The van der Waals surface area contributed by atoms with Crippen LogP contribution in [0.2, 0.25) is 0 Å². The van der Waals surface area contributed by atoms with E-state index in [4.69, 9.17) is 9.47 Å². The fourth-order valence-corrected chi connectivity index (χ4v) is 4.65. The number of fused-ring (bicyclic) bond motifs is 1. The van der Waals surface area contributed by atoms with E-state index in [9.17, 15) is 10.1 Å². The van der Waals surface area contributed by atoms with Crippen LogP contribution in [0.1, 0.15) is 27.9 Å². The summed E-state index contributed by atoms with van der Waals surface area (Å²) in [6.07, 6.45) is -0.779. The highest BCUT2D eigenvalue weighted by Crippen LogP contribution is 2.52. The molecule has 0 unspecified atom stereocenters. The van der Waals surface area contributed by atoms with E-state index in [0.717, 1.165) is 28.0 Å². The number of nitro groups is 1. The summed E-state index contributed by atoms with van der Waals surface area (Å²) < 4.78 is 12.9. The van der Waals surface area contributed by atoms with Crippen molar-refractivity contribution < 1.29 is 14.4 Å². The van der Waals surface area contributed by atoms with Crippen LogP contribution in [0, 0.1) is 10.1 Å². The Morgan fingerprint density at radius 3 is 2.00 bits per heavy atom. The molecular weight excluding hydrogens is 398 g/mol. The smallest absolute Gasteiger partial charge is 0.324 e. The summed E-state index contributed by atoms with van der Waals surface area (Å²) in [6, 6.07) is 30.9. The average Bonchev–Trinajstić information content (AvgIpc) is 3.30. The quantitative estimate of drug-likeness (QED) is 0.300. The molecule has 0 N–H and O–H groups in total. The molecule has 0 radical (unpaired) electrons. The third kappa shape index (κ3) is 2.98. The van der Waals surface area contributed by atoms with Crippen LogP contribution < -0.4 is 4.74 Å². The molecule has 5 nitrogen and oxygen atoms in total. The molecule has 0 amide bonds. The van der Waals surface area contributed by atoms with Gasteiger partial charge in [0.15, 0.2) is 5.60 Å². The Morgan fingerprint density at radius 2 is 1.40 bits per heavy atom. The van der Waals surface area contributed by atoms with Crippen LogP contribution in [0.25, 0.3) is 0 Å². The molecule has 1 aromatic heterocycles. The SMILES string of the molecule is O=[N+]([O-])c1ccc([C@@H]2Oc3ccccc3C(c3ccccc3)(c3ccccc3)O2)s1. The van der Waals surface area contributed by atoms with E-state index in [0.29, 0.717) is 10.6 Å². The molecule has 148 valence electrons. The Hall–Kier alpha value is -3.48. The molecule has 3 aromatic carbocycles. The van der Waals surface area contributed by atoms with Gasteiger partial charge in [-0.15, -0.1) is 0 Å².